The van der Waals surface area contributed by atoms with E-state index in [-0.39, 0.29) is 12.0 Å². The normalized spacial score (nSPS) is 16.0. The lowest BCUT2D eigenvalue weighted by atomic mass is 9.84. The molecule has 0 saturated heterocycles. The second kappa shape index (κ2) is 12.1. The van der Waals surface area contributed by atoms with Crippen LogP contribution in [0.15, 0.2) is 180 Å². The Morgan fingerprint density at radius 2 is 1.14 bits per heavy atom. The fraction of sp³-hybridized carbons (Fsp3) is 0.0392. The molecule has 2 aromatic heterocycles. The van der Waals surface area contributed by atoms with Crippen LogP contribution >= 0.6 is 0 Å². The largest absolute Gasteiger partial charge is 0.485 e. The van der Waals surface area contributed by atoms with Crippen molar-refractivity contribution in [1.82, 2.24) is 15.0 Å². The van der Waals surface area contributed by atoms with Crippen LogP contribution in [-0.4, -0.2) is 21.1 Å². The Morgan fingerprint density at radius 1 is 0.464 bits per heavy atom. The van der Waals surface area contributed by atoms with Gasteiger partial charge < -0.3 is 9.15 Å². The zero-order valence-corrected chi connectivity index (χ0v) is 30.1. The monoisotopic (exact) mass is 717 g/mol. The van der Waals surface area contributed by atoms with Gasteiger partial charge in [0.25, 0.3) is 0 Å². The number of fused-ring (bicyclic) bond motifs is 11. The molecule has 0 N–H and O–H groups in total. The quantitative estimate of drug-likeness (QED) is 0.170. The molecule has 0 radical (unpaired) electrons. The van der Waals surface area contributed by atoms with Crippen molar-refractivity contribution in [3.05, 3.63) is 187 Å². The van der Waals surface area contributed by atoms with Gasteiger partial charge in [-0.25, -0.2) is 15.0 Å². The predicted molar refractivity (Wildman–Crippen MR) is 227 cm³/mol. The zero-order valence-electron chi connectivity index (χ0n) is 30.1. The summed E-state index contributed by atoms with van der Waals surface area (Å²) in [6, 6.07) is 55.0. The van der Waals surface area contributed by atoms with Gasteiger partial charge in [0.1, 0.15) is 23.0 Å². The van der Waals surface area contributed by atoms with E-state index in [2.05, 4.69) is 140 Å². The lowest BCUT2D eigenvalue weighted by Gasteiger charge is -2.20. The molecule has 0 fully saturated rings. The number of hydrogen-bond donors (Lipinski definition) is 0. The SMILES string of the molecule is C1=CC2Oc3cccc(-c4nc(-c5ccc6ccc7ccc8ccccc8c7c6c5)nc(-c5cccc6oc7ccccc7c56)n4)c3C2C=C1c1ccccc1. The first kappa shape index (κ1) is 31.0. The zero-order chi connectivity index (χ0) is 36.7. The molecule has 2 aliphatic rings. The molecule has 56 heavy (non-hydrogen) atoms. The molecule has 5 heteroatoms. The summed E-state index contributed by atoms with van der Waals surface area (Å²) in [5, 5.41) is 9.19. The molecule has 3 heterocycles. The minimum absolute atomic E-state index is 0.00775. The number of rotatable bonds is 4. The maximum Gasteiger partial charge on any atom is 0.164 e. The van der Waals surface area contributed by atoms with Gasteiger partial charge in [0.05, 0.1) is 0 Å². The number of benzene rings is 8. The van der Waals surface area contributed by atoms with Crippen LogP contribution in [0.5, 0.6) is 5.75 Å². The van der Waals surface area contributed by atoms with Crippen molar-refractivity contribution in [1.29, 1.82) is 0 Å². The van der Waals surface area contributed by atoms with E-state index in [1.807, 2.05) is 36.4 Å². The second-order valence-electron chi connectivity index (χ2n) is 14.6. The number of nitrogens with zero attached hydrogens (tertiary/aromatic N) is 3. The smallest absolute Gasteiger partial charge is 0.164 e. The van der Waals surface area contributed by atoms with Crippen molar-refractivity contribution >= 4 is 59.8 Å². The molecular formula is C51H31N3O2. The van der Waals surface area contributed by atoms with Crippen LogP contribution < -0.4 is 4.74 Å². The maximum absolute atomic E-state index is 6.59. The number of allylic oxidation sites excluding steroid dienone is 2. The number of ether oxygens (including phenoxy) is 1. The Labute approximate surface area is 321 Å². The summed E-state index contributed by atoms with van der Waals surface area (Å²) in [4.78, 5) is 15.9. The lowest BCUT2D eigenvalue weighted by Crippen LogP contribution is -2.17. The molecule has 1 aliphatic carbocycles. The highest BCUT2D eigenvalue weighted by molar-refractivity contribution is 6.20. The van der Waals surface area contributed by atoms with E-state index in [0.717, 1.165) is 60.7 Å². The van der Waals surface area contributed by atoms with Gasteiger partial charge in [0.15, 0.2) is 17.5 Å². The molecule has 12 rings (SSSR count). The molecular weight excluding hydrogens is 687 g/mol. The molecule has 0 saturated carbocycles. The third kappa shape index (κ3) is 4.77. The van der Waals surface area contributed by atoms with Crippen molar-refractivity contribution in [2.45, 2.75) is 12.0 Å². The van der Waals surface area contributed by atoms with Gasteiger partial charge in [0.2, 0.25) is 0 Å². The van der Waals surface area contributed by atoms with E-state index in [4.69, 9.17) is 24.1 Å². The Bertz CT molecular complexity index is 3300. The third-order valence-electron chi connectivity index (χ3n) is 11.5. The molecule has 0 bridgehead atoms. The Kier molecular flexibility index (Phi) is 6.69. The Hall–Kier alpha value is -7.37. The Balaban J connectivity index is 1.11. The molecule has 8 aromatic carbocycles. The summed E-state index contributed by atoms with van der Waals surface area (Å²) in [6.45, 7) is 0. The van der Waals surface area contributed by atoms with Crippen molar-refractivity contribution in [2.75, 3.05) is 0 Å². The summed E-state index contributed by atoms with van der Waals surface area (Å²) >= 11 is 0. The summed E-state index contributed by atoms with van der Waals surface area (Å²) in [5.41, 5.74) is 7.79. The standard InChI is InChI=1S/C51H31N3O2/c1-2-10-30(11-3-1)34-26-27-43-41(28-34)48-39(16-9-19-45(48)56-43)51-53-49(52-50(54-51)38-15-8-18-44-47(38)37-14-6-7-17-42(37)55-44)35-25-22-32-21-24-33-23-20-31-12-4-5-13-36(31)46(33)40(32)29-35/h1-29,41,43H. The van der Waals surface area contributed by atoms with Crippen LogP contribution in [0.4, 0.5) is 0 Å². The number of furan rings is 1. The topological polar surface area (TPSA) is 61.0 Å². The molecule has 1 aliphatic heterocycles. The van der Waals surface area contributed by atoms with E-state index in [9.17, 15) is 0 Å². The molecule has 5 nitrogen and oxygen atoms in total. The number of para-hydroxylation sites is 1. The van der Waals surface area contributed by atoms with Crippen molar-refractivity contribution in [2.24, 2.45) is 0 Å². The first-order chi connectivity index (χ1) is 27.7. The highest BCUT2D eigenvalue weighted by atomic mass is 16.5. The van der Waals surface area contributed by atoms with Gasteiger partial charge in [0, 0.05) is 38.9 Å². The summed E-state index contributed by atoms with van der Waals surface area (Å²) in [6.07, 6.45) is 6.56. The van der Waals surface area contributed by atoms with Gasteiger partial charge in [-0.1, -0.05) is 146 Å². The molecule has 2 atom stereocenters. The van der Waals surface area contributed by atoms with E-state index in [1.165, 1.54) is 32.7 Å². The maximum atomic E-state index is 6.59. The van der Waals surface area contributed by atoms with E-state index >= 15 is 0 Å². The highest BCUT2D eigenvalue weighted by Crippen LogP contribution is 2.48. The van der Waals surface area contributed by atoms with E-state index in [1.54, 1.807) is 0 Å². The minimum atomic E-state index is -0.117. The number of hydrogen-bond acceptors (Lipinski definition) is 5. The Morgan fingerprint density at radius 3 is 2.04 bits per heavy atom. The first-order valence-electron chi connectivity index (χ1n) is 19.0. The van der Waals surface area contributed by atoms with Crippen LogP contribution in [0, 0.1) is 0 Å². The van der Waals surface area contributed by atoms with Crippen molar-refractivity contribution < 1.29 is 9.15 Å². The van der Waals surface area contributed by atoms with Gasteiger partial charge in [-0.3, -0.25) is 0 Å². The molecule has 0 amide bonds. The van der Waals surface area contributed by atoms with Crippen LogP contribution in [0.25, 0.3) is 94.0 Å². The highest BCUT2D eigenvalue weighted by Gasteiger charge is 2.36. The molecule has 10 aromatic rings. The van der Waals surface area contributed by atoms with Crippen molar-refractivity contribution in [3.8, 4) is 39.9 Å². The third-order valence-corrected chi connectivity index (χ3v) is 11.5. The van der Waals surface area contributed by atoms with Crippen LogP contribution in [0.3, 0.4) is 0 Å². The molecule has 0 spiro atoms. The predicted octanol–water partition coefficient (Wildman–Crippen LogP) is 12.7. The minimum Gasteiger partial charge on any atom is -0.485 e. The molecule has 2 unspecified atom stereocenters. The van der Waals surface area contributed by atoms with Gasteiger partial charge in [-0.2, -0.15) is 0 Å². The van der Waals surface area contributed by atoms with Crippen LogP contribution in [0.2, 0.25) is 0 Å². The van der Waals surface area contributed by atoms with E-state index < -0.39 is 0 Å². The number of aromatic nitrogens is 3. The average molecular weight is 718 g/mol. The van der Waals surface area contributed by atoms with Gasteiger partial charge in [-0.15, -0.1) is 0 Å². The summed E-state index contributed by atoms with van der Waals surface area (Å²) < 4.78 is 12.9. The van der Waals surface area contributed by atoms with E-state index in [0.29, 0.717) is 17.5 Å². The van der Waals surface area contributed by atoms with Crippen LogP contribution in [0.1, 0.15) is 17.0 Å². The van der Waals surface area contributed by atoms with Gasteiger partial charge in [-0.05, 0) is 73.8 Å². The van der Waals surface area contributed by atoms with Crippen LogP contribution in [-0.2, 0) is 0 Å². The molecule has 262 valence electrons. The fourth-order valence-corrected chi connectivity index (χ4v) is 8.85. The average Bonchev–Trinajstić information content (AvgIpc) is 3.84. The van der Waals surface area contributed by atoms with Crippen molar-refractivity contribution in [3.63, 3.8) is 0 Å². The van der Waals surface area contributed by atoms with Gasteiger partial charge >= 0.3 is 0 Å². The second-order valence-corrected chi connectivity index (χ2v) is 14.6. The summed E-state index contributed by atoms with van der Waals surface area (Å²) in [5.74, 6) is 2.63. The first-order valence-corrected chi connectivity index (χ1v) is 19.0. The summed E-state index contributed by atoms with van der Waals surface area (Å²) in [7, 11) is 0. The fourth-order valence-electron chi connectivity index (χ4n) is 8.85. The lowest BCUT2D eigenvalue weighted by molar-refractivity contribution is 0.269.